The molecule has 4 nitrogen and oxygen atoms in total. The van der Waals surface area contributed by atoms with Gasteiger partial charge in [-0.25, -0.2) is 9.37 Å². The van der Waals surface area contributed by atoms with Crippen LogP contribution in [0.1, 0.15) is 20.9 Å². The third kappa shape index (κ3) is 2.39. The molecule has 0 saturated carbocycles. The molecular weight excluding hydrogens is 325 g/mol. The van der Waals surface area contributed by atoms with Gasteiger partial charge in [-0.05, 0) is 37.1 Å². The van der Waals surface area contributed by atoms with Crippen molar-refractivity contribution in [3.63, 3.8) is 0 Å². The van der Waals surface area contributed by atoms with Crippen LogP contribution in [0.25, 0.3) is 10.6 Å². The number of benzene rings is 1. The van der Waals surface area contributed by atoms with Gasteiger partial charge in [0.1, 0.15) is 15.7 Å². The van der Waals surface area contributed by atoms with Crippen molar-refractivity contribution in [3.05, 3.63) is 64.7 Å². The quantitative estimate of drug-likeness (QED) is 0.712. The average Bonchev–Trinajstić information content (AvgIpc) is 3.18. The number of thiazole rings is 1. The molecule has 0 unspecified atom stereocenters. The standard InChI is InChI=1S/C18H14FN3OS/c1-11-16(24-17(21-11)13-4-2-3-5-14(13)19)18(23)22-9-7-12-10-20-8-6-15(12)22/h2-6,8,10H,7,9H2,1H3. The number of aromatic nitrogens is 2. The third-order valence-electron chi connectivity index (χ3n) is 4.11. The van der Waals surface area contributed by atoms with E-state index in [1.54, 1.807) is 42.4 Å². The van der Waals surface area contributed by atoms with Crippen LogP contribution >= 0.6 is 11.3 Å². The number of hydrogen-bond donors (Lipinski definition) is 0. The molecule has 3 aromatic rings. The molecule has 0 spiro atoms. The van der Waals surface area contributed by atoms with Crippen LogP contribution < -0.4 is 4.90 Å². The van der Waals surface area contributed by atoms with E-state index < -0.39 is 0 Å². The minimum absolute atomic E-state index is 0.0856. The van der Waals surface area contributed by atoms with Crippen LogP contribution in [-0.4, -0.2) is 22.4 Å². The number of fused-ring (bicyclic) bond motifs is 1. The zero-order valence-corrected chi connectivity index (χ0v) is 13.8. The first kappa shape index (κ1) is 15.0. The van der Waals surface area contributed by atoms with Crippen molar-refractivity contribution >= 4 is 22.9 Å². The lowest BCUT2D eigenvalue weighted by Crippen LogP contribution is -2.28. The fourth-order valence-corrected chi connectivity index (χ4v) is 3.95. The van der Waals surface area contributed by atoms with Gasteiger partial charge in [0.25, 0.3) is 5.91 Å². The van der Waals surface area contributed by atoms with Crippen molar-refractivity contribution < 1.29 is 9.18 Å². The molecule has 1 aliphatic rings. The minimum atomic E-state index is -0.331. The molecule has 4 rings (SSSR count). The van der Waals surface area contributed by atoms with Crippen molar-refractivity contribution in [2.75, 3.05) is 11.4 Å². The van der Waals surface area contributed by atoms with E-state index in [1.807, 2.05) is 6.07 Å². The molecule has 2 aromatic heterocycles. The lowest BCUT2D eigenvalue weighted by molar-refractivity contribution is 0.0992. The Kier molecular flexibility index (Phi) is 3.61. The molecule has 120 valence electrons. The predicted octanol–water partition coefficient (Wildman–Crippen LogP) is 3.86. The van der Waals surface area contributed by atoms with E-state index in [2.05, 4.69) is 9.97 Å². The number of anilines is 1. The second-order valence-electron chi connectivity index (χ2n) is 5.62. The predicted molar refractivity (Wildman–Crippen MR) is 91.9 cm³/mol. The largest absolute Gasteiger partial charge is 0.307 e. The van der Waals surface area contributed by atoms with Gasteiger partial charge in [0.2, 0.25) is 0 Å². The smallest absolute Gasteiger partial charge is 0.270 e. The maximum atomic E-state index is 14.0. The average molecular weight is 339 g/mol. The SMILES string of the molecule is Cc1nc(-c2ccccc2F)sc1C(=O)N1CCc2cnccc21. The van der Waals surface area contributed by atoms with Crippen LogP contribution in [0.15, 0.2) is 42.7 Å². The summed E-state index contributed by atoms with van der Waals surface area (Å²) in [6, 6.07) is 8.34. The van der Waals surface area contributed by atoms with Crippen molar-refractivity contribution in [3.8, 4) is 10.6 Å². The van der Waals surface area contributed by atoms with Crippen LogP contribution in [0, 0.1) is 12.7 Å². The maximum absolute atomic E-state index is 14.0. The van der Waals surface area contributed by atoms with E-state index in [-0.39, 0.29) is 11.7 Å². The second kappa shape index (κ2) is 5.79. The van der Waals surface area contributed by atoms with E-state index in [0.29, 0.717) is 27.7 Å². The second-order valence-corrected chi connectivity index (χ2v) is 6.62. The molecule has 0 aliphatic carbocycles. The van der Waals surface area contributed by atoms with Gasteiger partial charge in [-0.2, -0.15) is 0 Å². The monoisotopic (exact) mass is 339 g/mol. The molecule has 0 radical (unpaired) electrons. The van der Waals surface area contributed by atoms with Gasteiger partial charge in [0.15, 0.2) is 0 Å². The van der Waals surface area contributed by atoms with Crippen LogP contribution in [0.5, 0.6) is 0 Å². The van der Waals surface area contributed by atoms with Crippen LogP contribution in [0.4, 0.5) is 10.1 Å². The fourth-order valence-electron chi connectivity index (χ4n) is 2.91. The lowest BCUT2D eigenvalue weighted by atomic mass is 10.2. The Morgan fingerprint density at radius 2 is 2.12 bits per heavy atom. The number of halogens is 1. The maximum Gasteiger partial charge on any atom is 0.270 e. The lowest BCUT2D eigenvalue weighted by Gasteiger charge is -2.16. The van der Waals surface area contributed by atoms with Gasteiger partial charge in [-0.15, -0.1) is 11.3 Å². The van der Waals surface area contributed by atoms with Gasteiger partial charge >= 0.3 is 0 Å². The summed E-state index contributed by atoms with van der Waals surface area (Å²) < 4.78 is 14.0. The highest BCUT2D eigenvalue weighted by molar-refractivity contribution is 7.17. The number of hydrogen-bond acceptors (Lipinski definition) is 4. The summed E-state index contributed by atoms with van der Waals surface area (Å²) in [5, 5.41) is 0.531. The summed E-state index contributed by atoms with van der Waals surface area (Å²) in [6.45, 7) is 2.42. The van der Waals surface area contributed by atoms with E-state index in [9.17, 15) is 9.18 Å². The van der Waals surface area contributed by atoms with Crippen molar-refractivity contribution in [2.24, 2.45) is 0 Å². The molecule has 0 N–H and O–H groups in total. The molecule has 0 atom stereocenters. The number of carbonyl (C=O) groups is 1. The van der Waals surface area contributed by atoms with Crippen molar-refractivity contribution in [1.82, 2.24) is 9.97 Å². The highest BCUT2D eigenvalue weighted by Gasteiger charge is 2.28. The Balaban J connectivity index is 1.71. The minimum Gasteiger partial charge on any atom is -0.307 e. The third-order valence-corrected chi connectivity index (χ3v) is 5.29. The molecule has 24 heavy (non-hydrogen) atoms. The van der Waals surface area contributed by atoms with Gasteiger partial charge < -0.3 is 4.90 Å². The van der Waals surface area contributed by atoms with Crippen molar-refractivity contribution in [2.45, 2.75) is 13.3 Å². The zero-order chi connectivity index (χ0) is 16.7. The molecule has 0 bridgehead atoms. The number of rotatable bonds is 2. The molecule has 0 saturated heterocycles. The summed E-state index contributed by atoms with van der Waals surface area (Å²) in [5.41, 5.74) is 3.03. The molecule has 1 aromatic carbocycles. The normalized spacial score (nSPS) is 13.2. The molecular formula is C18H14FN3OS. The van der Waals surface area contributed by atoms with E-state index in [0.717, 1.165) is 17.7 Å². The number of amides is 1. The number of pyridine rings is 1. The number of carbonyl (C=O) groups excluding carboxylic acids is 1. The summed E-state index contributed by atoms with van der Waals surface area (Å²) in [7, 11) is 0. The molecule has 1 amide bonds. The Morgan fingerprint density at radius 3 is 2.96 bits per heavy atom. The number of aryl methyl sites for hydroxylation is 1. The summed E-state index contributed by atoms with van der Waals surface area (Å²) >= 11 is 1.24. The van der Waals surface area contributed by atoms with Crippen LogP contribution in [0.2, 0.25) is 0 Å². The Morgan fingerprint density at radius 1 is 1.29 bits per heavy atom. The van der Waals surface area contributed by atoms with Gasteiger partial charge in [-0.3, -0.25) is 9.78 Å². The number of nitrogens with zero attached hydrogens (tertiary/aromatic N) is 3. The summed E-state index contributed by atoms with van der Waals surface area (Å²) in [4.78, 5) is 23.8. The first-order valence-electron chi connectivity index (χ1n) is 7.62. The van der Waals surface area contributed by atoms with Gasteiger partial charge in [0, 0.05) is 24.5 Å². The summed E-state index contributed by atoms with van der Waals surface area (Å²) in [6.07, 6.45) is 4.29. The topological polar surface area (TPSA) is 46.1 Å². The Bertz CT molecular complexity index is 938. The molecule has 6 heteroatoms. The molecule has 0 fully saturated rings. The fraction of sp³-hybridized carbons (Fsp3) is 0.167. The van der Waals surface area contributed by atoms with Crippen LogP contribution in [0.3, 0.4) is 0 Å². The van der Waals surface area contributed by atoms with E-state index in [4.69, 9.17) is 0 Å². The highest BCUT2D eigenvalue weighted by Crippen LogP contribution is 2.33. The van der Waals surface area contributed by atoms with Gasteiger partial charge in [0.05, 0.1) is 11.4 Å². The highest BCUT2D eigenvalue weighted by atomic mass is 32.1. The van der Waals surface area contributed by atoms with Gasteiger partial charge in [-0.1, -0.05) is 12.1 Å². The van der Waals surface area contributed by atoms with Crippen molar-refractivity contribution in [1.29, 1.82) is 0 Å². The molecule has 3 heterocycles. The first-order chi connectivity index (χ1) is 11.6. The summed E-state index contributed by atoms with van der Waals surface area (Å²) in [5.74, 6) is -0.416. The Labute approximate surface area is 142 Å². The zero-order valence-electron chi connectivity index (χ0n) is 13.0. The van der Waals surface area contributed by atoms with E-state index in [1.165, 1.54) is 17.4 Å². The van der Waals surface area contributed by atoms with Crippen LogP contribution in [-0.2, 0) is 6.42 Å². The van der Waals surface area contributed by atoms with E-state index >= 15 is 0 Å². The first-order valence-corrected chi connectivity index (χ1v) is 8.44. The Hall–Kier alpha value is -2.60. The molecule has 1 aliphatic heterocycles.